The van der Waals surface area contributed by atoms with Crippen molar-refractivity contribution in [2.75, 3.05) is 33.8 Å². The normalized spacial score (nSPS) is 13.6. The minimum absolute atomic E-state index is 0.218. The minimum atomic E-state index is -4.19. The number of alkyl halides is 3. The first-order chi connectivity index (χ1) is 9.37. The number of hydrogen-bond acceptors (Lipinski definition) is 3. The van der Waals surface area contributed by atoms with Crippen molar-refractivity contribution < 1.29 is 17.9 Å². The molecule has 1 aromatic rings. The molecule has 0 saturated carbocycles. The molecular weight excluding hydrogens is 269 g/mol. The van der Waals surface area contributed by atoms with Gasteiger partial charge in [0.05, 0.1) is 13.2 Å². The van der Waals surface area contributed by atoms with Crippen LogP contribution in [0.4, 0.5) is 13.2 Å². The minimum Gasteiger partial charge on any atom is -0.494 e. The number of ether oxygens (including phenoxy) is 1. The van der Waals surface area contributed by atoms with Crippen molar-refractivity contribution in [2.24, 2.45) is 0 Å². The predicted molar refractivity (Wildman–Crippen MR) is 73.0 cm³/mol. The second kappa shape index (κ2) is 7.50. The summed E-state index contributed by atoms with van der Waals surface area (Å²) in [6, 6.07) is 7.18. The van der Waals surface area contributed by atoms with E-state index in [1.54, 1.807) is 7.05 Å². The van der Waals surface area contributed by atoms with Gasteiger partial charge in [0.2, 0.25) is 0 Å². The average molecular weight is 290 g/mol. The maximum Gasteiger partial charge on any atom is 0.401 e. The van der Waals surface area contributed by atoms with Crippen molar-refractivity contribution >= 4 is 0 Å². The predicted octanol–water partition coefficient (Wildman–Crippen LogP) is 2.84. The Morgan fingerprint density at radius 1 is 1.30 bits per heavy atom. The van der Waals surface area contributed by atoms with E-state index in [1.165, 1.54) is 11.9 Å². The van der Waals surface area contributed by atoms with Gasteiger partial charge in [-0.1, -0.05) is 18.2 Å². The molecule has 0 spiro atoms. The first-order valence-electron chi connectivity index (χ1n) is 6.51. The van der Waals surface area contributed by atoms with Gasteiger partial charge in [-0.25, -0.2) is 0 Å². The van der Waals surface area contributed by atoms with E-state index >= 15 is 0 Å². The molecule has 0 amide bonds. The van der Waals surface area contributed by atoms with Gasteiger partial charge in [0.1, 0.15) is 5.75 Å². The zero-order valence-electron chi connectivity index (χ0n) is 12.0. The van der Waals surface area contributed by atoms with Crippen LogP contribution in [0.2, 0.25) is 0 Å². The van der Waals surface area contributed by atoms with Crippen molar-refractivity contribution in [3.8, 4) is 5.75 Å². The molecule has 3 nitrogen and oxygen atoms in total. The van der Waals surface area contributed by atoms with Crippen LogP contribution in [0, 0.1) is 0 Å². The average Bonchev–Trinajstić information content (AvgIpc) is 2.35. The molecule has 0 bridgehead atoms. The zero-order valence-corrected chi connectivity index (χ0v) is 12.0. The summed E-state index contributed by atoms with van der Waals surface area (Å²) in [4.78, 5) is 1.25. The highest BCUT2D eigenvalue weighted by atomic mass is 19.4. The lowest BCUT2D eigenvalue weighted by Gasteiger charge is -2.26. The molecule has 0 aliphatic rings. The number of hydrogen-bond donors (Lipinski definition) is 1. The van der Waals surface area contributed by atoms with Gasteiger partial charge in [0.15, 0.2) is 0 Å². The van der Waals surface area contributed by atoms with E-state index in [1.807, 2.05) is 31.2 Å². The summed E-state index contributed by atoms with van der Waals surface area (Å²) >= 11 is 0. The monoisotopic (exact) mass is 290 g/mol. The molecule has 1 aromatic carbocycles. The SMILES string of the molecule is CCOc1ccccc1C(CN(C)CC(F)(F)F)NC. The Bertz CT molecular complexity index is 410. The molecule has 0 aliphatic carbocycles. The van der Waals surface area contributed by atoms with Gasteiger partial charge in [-0.3, -0.25) is 4.90 Å². The molecule has 1 atom stereocenters. The van der Waals surface area contributed by atoms with Crippen molar-refractivity contribution in [3.05, 3.63) is 29.8 Å². The van der Waals surface area contributed by atoms with Crippen LogP contribution in [0.5, 0.6) is 5.75 Å². The summed E-state index contributed by atoms with van der Waals surface area (Å²) in [6.45, 7) is 1.72. The fourth-order valence-corrected chi connectivity index (χ4v) is 2.08. The molecular formula is C14H21F3N2O. The summed E-state index contributed by atoms with van der Waals surface area (Å²) in [5.41, 5.74) is 0.867. The topological polar surface area (TPSA) is 24.5 Å². The fourth-order valence-electron chi connectivity index (χ4n) is 2.08. The van der Waals surface area contributed by atoms with E-state index in [0.717, 1.165) is 5.56 Å². The van der Waals surface area contributed by atoms with Crippen LogP contribution in [-0.4, -0.2) is 44.9 Å². The third-order valence-corrected chi connectivity index (χ3v) is 2.89. The number of nitrogens with one attached hydrogen (secondary N) is 1. The van der Waals surface area contributed by atoms with Crippen LogP contribution < -0.4 is 10.1 Å². The van der Waals surface area contributed by atoms with E-state index < -0.39 is 12.7 Å². The zero-order chi connectivity index (χ0) is 15.2. The molecule has 20 heavy (non-hydrogen) atoms. The Hall–Kier alpha value is -1.27. The van der Waals surface area contributed by atoms with Crippen LogP contribution in [0.1, 0.15) is 18.5 Å². The standard InChI is InChI=1S/C14H21F3N2O/c1-4-20-13-8-6-5-7-11(13)12(18-2)9-19(3)10-14(15,16)17/h5-8,12,18H,4,9-10H2,1-3H3. The summed E-state index contributed by atoms with van der Waals surface area (Å²) in [7, 11) is 3.19. The van der Waals surface area contributed by atoms with Gasteiger partial charge in [0.25, 0.3) is 0 Å². The lowest BCUT2D eigenvalue weighted by atomic mass is 10.1. The molecule has 0 heterocycles. The van der Waals surface area contributed by atoms with E-state index in [9.17, 15) is 13.2 Å². The quantitative estimate of drug-likeness (QED) is 0.835. The van der Waals surface area contributed by atoms with Crippen molar-refractivity contribution in [2.45, 2.75) is 19.1 Å². The summed E-state index contributed by atoms with van der Waals surface area (Å²) in [5, 5.41) is 3.04. The summed E-state index contributed by atoms with van der Waals surface area (Å²) in [5.74, 6) is 0.703. The Labute approximate surface area is 117 Å². The third-order valence-electron chi connectivity index (χ3n) is 2.89. The number of nitrogens with zero attached hydrogens (tertiary/aromatic N) is 1. The van der Waals surface area contributed by atoms with Crippen LogP contribution in [0.15, 0.2) is 24.3 Å². The summed E-state index contributed by atoms with van der Waals surface area (Å²) < 4.78 is 42.6. The molecule has 6 heteroatoms. The second-order valence-corrected chi connectivity index (χ2v) is 4.62. The Morgan fingerprint density at radius 2 is 1.95 bits per heavy atom. The molecule has 0 saturated heterocycles. The Kier molecular flexibility index (Phi) is 6.29. The molecule has 0 radical (unpaired) electrons. The molecule has 1 rings (SSSR count). The molecule has 114 valence electrons. The number of likely N-dealkylation sites (N-methyl/N-ethyl adjacent to an activating group) is 2. The molecule has 0 aromatic heterocycles. The van der Waals surface area contributed by atoms with E-state index in [2.05, 4.69) is 5.32 Å². The van der Waals surface area contributed by atoms with Crippen LogP contribution in [0.25, 0.3) is 0 Å². The highest BCUT2D eigenvalue weighted by Crippen LogP contribution is 2.26. The summed E-state index contributed by atoms with van der Waals surface area (Å²) in [6.07, 6.45) is -4.19. The maximum atomic E-state index is 12.4. The second-order valence-electron chi connectivity index (χ2n) is 4.62. The van der Waals surface area contributed by atoms with E-state index in [-0.39, 0.29) is 12.6 Å². The molecule has 0 fully saturated rings. The number of rotatable bonds is 7. The van der Waals surface area contributed by atoms with Crippen LogP contribution in [-0.2, 0) is 0 Å². The highest BCUT2D eigenvalue weighted by molar-refractivity contribution is 5.36. The third kappa shape index (κ3) is 5.38. The largest absolute Gasteiger partial charge is 0.494 e. The van der Waals surface area contributed by atoms with Crippen LogP contribution in [0.3, 0.4) is 0 Å². The molecule has 1 unspecified atom stereocenters. The fraction of sp³-hybridized carbons (Fsp3) is 0.571. The van der Waals surface area contributed by atoms with Crippen LogP contribution >= 0.6 is 0 Å². The van der Waals surface area contributed by atoms with E-state index in [4.69, 9.17) is 4.74 Å². The lowest BCUT2D eigenvalue weighted by Crippen LogP contribution is -2.37. The van der Waals surface area contributed by atoms with Gasteiger partial charge in [-0.05, 0) is 27.1 Å². The first kappa shape index (κ1) is 16.8. The van der Waals surface area contributed by atoms with Gasteiger partial charge < -0.3 is 10.1 Å². The number of para-hydroxylation sites is 1. The van der Waals surface area contributed by atoms with Gasteiger partial charge in [-0.15, -0.1) is 0 Å². The highest BCUT2D eigenvalue weighted by Gasteiger charge is 2.30. The Morgan fingerprint density at radius 3 is 2.50 bits per heavy atom. The van der Waals surface area contributed by atoms with Gasteiger partial charge in [-0.2, -0.15) is 13.2 Å². The lowest BCUT2D eigenvalue weighted by molar-refractivity contribution is -0.143. The van der Waals surface area contributed by atoms with Crippen molar-refractivity contribution in [1.82, 2.24) is 10.2 Å². The molecule has 0 aliphatic heterocycles. The number of benzene rings is 1. The van der Waals surface area contributed by atoms with Crippen molar-refractivity contribution in [1.29, 1.82) is 0 Å². The van der Waals surface area contributed by atoms with Crippen molar-refractivity contribution in [3.63, 3.8) is 0 Å². The van der Waals surface area contributed by atoms with Gasteiger partial charge in [0, 0.05) is 18.2 Å². The molecule has 1 N–H and O–H groups in total. The first-order valence-corrected chi connectivity index (χ1v) is 6.51. The Balaban J connectivity index is 2.80. The number of halogens is 3. The smallest absolute Gasteiger partial charge is 0.401 e. The van der Waals surface area contributed by atoms with E-state index in [0.29, 0.717) is 12.4 Å². The van der Waals surface area contributed by atoms with Gasteiger partial charge >= 0.3 is 6.18 Å². The maximum absolute atomic E-state index is 12.4.